The maximum Gasteiger partial charge on any atom is 0.330 e. The Morgan fingerprint density at radius 3 is 1.67 bits per heavy atom. The third-order valence-electron chi connectivity index (χ3n) is 9.22. The van der Waals surface area contributed by atoms with Gasteiger partial charge in [-0.15, -0.1) is 23.2 Å². The monoisotopic (exact) mass is 654 g/mol. The van der Waals surface area contributed by atoms with E-state index in [4.69, 9.17) is 27.9 Å². The summed E-state index contributed by atoms with van der Waals surface area (Å²) < 4.78 is 5.44. The van der Waals surface area contributed by atoms with Crippen molar-refractivity contribution in [1.29, 1.82) is 0 Å². The fourth-order valence-corrected chi connectivity index (χ4v) is 8.30. The van der Waals surface area contributed by atoms with Gasteiger partial charge in [-0.1, -0.05) is 78.9 Å². The minimum absolute atomic E-state index is 0.0766. The van der Waals surface area contributed by atoms with Crippen LogP contribution in [0.15, 0.2) is 103 Å². The zero-order valence-electron chi connectivity index (χ0n) is 24.0. The number of amides is 2. The molecule has 4 aromatic carbocycles. The van der Waals surface area contributed by atoms with Crippen LogP contribution >= 0.6 is 23.2 Å². The first-order valence-electron chi connectivity index (χ1n) is 14.5. The smallest absolute Gasteiger partial charge is 0.330 e. The van der Waals surface area contributed by atoms with Crippen molar-refractivity contribution >= 4 is 52.5 Å². The normalized spacial score (nSPS) is 24.5. The zero-order chi connectivity index (χ0) is 32.4. The number of halogens is 2. The van der Waals surface area contributed by atoms with E-state index in [2.05, 4.69) is 0 Å². The van der Waals surface area contributed by atoms with E-state index in [0.29, 0.717) is 27.8 Å². The van der Waals surface area contributed by atoms with Gasteiger partial charge in [0.25, 0.3) is 5.69 Å². The SMILES string of the molecule is O=C(COC(=O)[C@H](Cc1ccccc1)N1C(=O)[C@@H]2[C@H](C1=O)C1(Cl)c3ccccc3C2(Cl)c2ccccc21)c1ccc([N+](=O)[O-])cc1. The summed E-state index contributed by atoms with van der Waals surface area (Å²) in [7, 11) is 0. The van der Waals surface area contributed by atoms with Crippen LogP contribution in [-0.4, -0.2) is 46.0 Å². The summed E-state index contributed by atoms with van der Waals surface area (Å²) in [6, 6.07) is 26.7. The maximum absolute atomic E-state index is 14.5. The average Bonchev–Trinajstić information content (AvgIpc) is 3.35. The number of hydrogen-bond donors (Lipinski definition) is 0. The van der Waals surface area contributed by atoms with E-state index in [0.717, 1.165) is 4.90 Å². The van der Waals surface area contributed by atoms with Crippen LogP contribution in [0, 0.1) is 22.0 Å². The number of rotatable bonds is 8. The quantitative estimate of drug-likeness (QED) is 0.0611. The van der Waals surface area contributed by atoms with Crippen molar-refractivity contribution in [3.63, 3.8) is 0 Å². The molecule has 8 rings (SSSR count). The number of esters is 1. The molecule has 1 heterocycles. The van der Waals surface area contributed by atoms with E-state index >= 15 is 0 Å². The van der Waals surface area contributed by atoms with Gasteiger partial charge in [0.05, 0.1) is 16.8 Å². The number of alkyl halides is 2. The number of carbonyl (C=O) groups is 4. The molecule has 46 heavy (non-hydrogen) atoms. The van der Waals surface area contributed by atoms with E-state index in [1.165, 1.54) is 24.3 Å². The number of nitro benzene ring substituents is 1. The molecule has 9 nitrogen and oxygen atoms in total. The van der Waals surface area contributed by atoms with E-state index in [1.807, 2.05) is 24.3 Å². The number of imide groups is 1. The highest BCUT2D eigenvalue weighted by Crippen LogP contribution is 2.69. The lowest BCUT2D eigenvalue weighted by molar-refractivity contribution is -0.384. The summed E-state index contributed by atoms with van der Waals surface area (Å²) >= 11 is 15.1. The summed E-state index contributed by atoms with van der Waals surface area (Å²) in [5.74, 6) is -5.11. The lowest BCUT2D eigenvalue weighted by Gasteiger charge is -2.54. The molecule has 2 amide bonds. The van der Waals surface area contributed by atoms with Crippen LogP contribution in [0.1, 0.15) is 38.2 Å². The van der Waals surface area contributed by atoms with E-state index < -0.39 is 62.7 Å². The van der Waals surface area contributed by atoms with Gasteiger partial charge in [-0.3, -0.25) is 29.4 Å². The molecule has 230 valence electrons. The van der Waals surface area contributed by atoms with E-state index in [1.54, 1.807) is 54.6 Å². The molecule has 0 saturated carbocycles. The number of carbonyl (C=O) groups excluding carboxylic acids is 4. The van der Waals surface area contributed by atoms with Crippen LogP contribution in [0.5, 0.6) is 0 Å². The van der Waals surface area contributed by atoms with Gasteiger partial charge >= 0.3 is 5.97 Å². The van der Waals surface area contributed by atoms with Gasteiger partial charge in [0.2, 0.25) is 11.8 Å². The van der Waals surface area contributed by atoms with Gasteiger partial charge in [0.1, 0.15) is 15.8 Å². The Labute approximate surface area is 272 Å². The molecule has 1 aliphatic heterocycles. The number of hydrogen-bond acceptors (Lipinski definition) is 7. The van der Waals surface area contributed by atoms with Crippen LogP contribution in [0.4, 0.5) is 5.69 Å². The minimum Gasteiger partial charge on any atom is -0.456 e. The van der Waals surface area contributed by atoms with Gasteiger partial charge < -0.3 is 4.74 Å². The molecule has 4 aromatic rings. The Bertz CT molecular complexity index is 1820. The first kappa shape index (κ1) is 29.8. The topological polar surface area (TPSA) is 124 Å². The fraction of sp³-hybridized carbons (Fsp3) is 0.200. The van der Waals surface area contributed by atoms with Gasteiger partial charge in [-0.2, -0.15) is 0 Å². The van der Waals surface area contributed by atoms with Gasteiger partial charge in [0.15, 0.2) is 12.4 Å². The van der Waals surface area contributed by atoms with Gasteiger partial charge in [-0.25, -0.2) is 4.79 Å². The number of Topliss-reactive ketones (excluding diaryl/α,β-unsaturated/α-hetero) is 1. The first-order chi connectivity index (χ1) is 22.1. The van der Waals surface area contributed by atoms with Crippen LogP contribution < -0.4 is 0 Å². The summed E-state index contributed by atoms with van der Waals surface area (Å²) in [5.41, 5.74) is 3.07. The van der Waals surface area contributed by atoms with Crippen LogP contribution in [0.25, 0.3) is 0 Å². The maximum atomic E-state index is 14.5. The standard InChI is InChI=1S/C35H24Cl2N2O7/c36-34-23-10-4-5-11-24(23)35(37,26-13-7-6-12-25(26)34)30-29(34)31(41)38(32(30)42)27(18-20-8-2-1-3-9-20)33(43)46-19-28(40)21-14-16-22(17-15-21)39(44)45/h1-17,27,29-30H,18-19H2/t27-,29-,30+,34?,35?/m0/s1. The second-order valence-corrected chi connectivity index (χ2v) is 12.7. The highest BCUT2D eigenvalue weighted by molar-refractivity contribution is 6.36. The molecule has 0 N–H and O–H groups in total. The molecule has 1 saturated heterocycles. The molecule has 1 fully saturated rings. The predicted molar refractivity (Wildman–Crippen MR) is 167 cm³/mol. The highest BCUT2D eigenvalue weighted by Gasteiger charge is 2.73. The number of nitro groups is 1. The molecule has 0 aromatic heterocycles. The number of benzene rings is 4. The second-order valence-electron chi connectivity index (χ2n) is 11.6. The summed E-state index contributed by atoms with van der Waals surface area (Å²) in [6.45, 7) is -0.708. The van der Waals surface area contributed by atoms with Crippen molar-refractivity contribution in [1.82, 2.24) is 4.90 Å². The second kappa shape index (κ2) is 10.9. The molecule has 0 unspecified atom stereocenters. The number of non-ortho nitro benzene ring substituents is 1. The van der Waals surface area contributed by atoms with Crippen LogP contribution in [0.3, 0.4) is 0 Å². The molecule has 11 heteroatoms. The molecule has 2 bridgehead atoms. The number of ether oxygens (including phenoxy) is 1. The summed E-state index contributed by atoms with van der Waals surface area (Å²) in [4.78, 5) is 64.2. The van der Waals surface area contributed by atoms with Crippen molar-refractivity contribution in [2.24, 2.45) is 11.8 Å². The first-order valence-corrected chi connectivity index (χ1v) is 15.3. The summed E-state index contributed by atoms with van der Waals surface area (Å²) in [5, 5.41) is 11.0. The highest BCUT2D eigenvalue weighted by atomic mass is 35.5. The zero-order valence-corrected chi connectivity index (χ0v) is 25.5. The van der Waals surface area contributed by atoms with Crippen molar-refractivity contribution in [2.45, 2.75) is 22.2 Å². The average molecular weight is 655 g/mol. The Kier molecular flexibility index (Phi) is 7.06. The number of ketones is 1. The molecule has 3 atom stereocenters. The van der Waals surface area contributed by atoms with Crippen LogP contribution in [0.2, 0.25) is 0 Å². The number of nitrogens with zero attached hydrogens (tertiary/aromatic N) is 2. The van der Waals surface area contributed by atoms with Crippen LogP contribution in [-0.2, 0) is 35.3 Å². The summed E-state index contributed by atoms with van der Waals surface area (Å²) in [6.07, 6.45) is -0.0766. The lowest BCUT2D eigenvalue weighted by Crippen LogP contribution is -2.57. The van der Waals surface area contributed by atoms with Gasteiger partial charge in [0, 0.05) is 24.1 Å². The third-order valence-corrected chi connectivity index (χ3v) is 10.5. The molecule has 0 spiro atoms. The predicted octanol–water partition coefficient (Wildman–Crippen LogP) is 5.53. The molecule has 0 radical (unpaired) electrons. The molecule has 4 aliphatic rings. The Morgan fingerprint density at radius 2 is 1.22 bits per heavy atom. The Balaban J connectivity index is 1.25. The largest absolute Gasteiger partial charge is 0.456 e. The van der Waals surface area contributed by atoms with Crippen molar-refractivity contribution in [3.05, 3.63) is 147 Å². The molecule has 3 aliphatic carbocycles. The fourth-order valence-electron chi connectivity index (χ4n) is 7.20. The lowest BCUT2D eigenvalue weighted by atomic mass is 9.54. The van der Waals surface area contributed by atoms with Gasteiger partial charge in [-0.05, 0) is 39.9 Å². The minimum atomic E-state index is -1.43. The van der Waals surface area contributed by atoms with Crippen molar-refractivity contribution in [2.75, 3.05) is 6.61 Å². The third kappa shape index (κ3) is 4.22. The molecular formula is C35H24Cl2N2O7. The Hall–Kier alpha value is -4.86. The number of likely N-dealkylation sites (tertiary alicyclic amines) is 1. The molecular weight excluding hydrogens is 631 g/mol. The van der Waals surface area contributed by atoms with Crippen molar-refractivity contribution in [3.8, 4) is 0 Å². The van der Waals surface area contributed by atoms with E-state index in [-0.39, 0.29) is 17.7 Å². The Morgan fingerprint density at radius 1 is 0.761 bits per heavy atom. The van der Waals surface area contributed by atoms with E-state index in [9.17, 15) is 29.3 Å². The van der Waals surface area contributed by atoms with Crippen molar-refractivity contribution < 1.29 is 28.8 Å².